The van der Waals surface area contributed by atoms with Crippen molar-refractivity contribution in [3.8, 4) is 17.2 Å². The molecule has 0 bridgehead atoms. The van der Waals surface area contributed by atoms with E-state index < -0.39 is 0 Å². The van der Waals surface area contributed by atoms with Crippen LogP contribution >= 0.6 is 24.0 Å². The third-order valence-corrected chi connectivity index (χ3v) is 4.27. The van der Waals surface area contributed by atoms with Crippen LogP contribution in [0.15, 0.2) is 77.8 Å². The minimum atomic E-state index is 0. The predicted molar refractivity (Wildman–Crippen MR) is 131 cm³/mol. The number of nitrogens with two attached hydrogens (primary N) is 1. The van der Waals surface area contributed by atoms with E-state index in [1.165, 1.54) is 0 Å². The standard InChI is InChI=1S/C23H25N3O3.HI/c1-27-20-12-13-22(28-2)21(14-20)26-23(24)25-15-17-8-10-18(11-9-17)16-29-19-6-4-3-5-7-19;/h3-14H,15-16H2,1-2H3,(H3,24,25,26);1H. The van der Waals surface area contributed by atoms with Crippen LogP contribution in [-0.4, -0.2) is 20.2 Å². The minimum absolute atomic E-state index is 0. The first-order valence-corrected chi connectivity index (χ1v) is 9.22. The number of guanidine groups is 1. The zero-order valence-electron chi connectivity index (χ0n) is 17.0. The molecule has 0 amide bonds. The molecule has 7 heteroatoms. The van der Waals surface area contributed by atoms with E-state index in [0.717, 1.165) is 16.9 Å². The van der Waals surface area contributed by atoms with Gasteiger partial charge in [-0.2, -0.15) is 0 Å². The Morgan fingerprint density at radius 1 is 0.867 bits per heavy atom. The fourth-order valence-electron chi connectivity index (χ4n) is 2.69. The molecule has 30 heavy (non-hydrogen) atoms. The average molecular weight is 519 g/mol. The van der Waals surface area contributed by atoms with Crippen LogP contribution in [0.4, 0.5) is 5.69 Å². The van der Waals surface area contributed by atoms with Gasteiger partial charge in [0.25, 0.3) is 0 Å². The molecule has 0 aliphatic carbocycles. The molecule has 0 spiro atoms. The molecule has 3 N–H and O–H groups in total. The van der Waals surface area contributed by atoms with Crippen LogP contribution in [0.5, 0.6) is 17.2 Å². The van der Waals surface area contributed by atoms with Crippen molar-refractivity contribution in [2.24, 2.45) is 10.7 Å². The summed E-state index contributed by atoms with van der Waals surface area (Å²) in [5.41, 5.74) is 8.87. The van der Waals surface area contributed by atoms with E-state index in [1.807, 2.05) is 72.8 Å². The topological polar surface area (TPSA) is 78.1 Å². The summed E-state index contributed by atoms with van der Waals surface area (Å²) in [5.74, 6) is 2.52. The van der Waals surface area contributed by atoms with Crippen LogP contribution in [0.3, 0.4) is 0 Å². The molecule has 6 nitrogen and oxygen atoms in total. The van der Waals surface area contributed by atoms with Crippen molar-refractivity contribution in [3.05, 3.63) is 83.9 Å². The maximum atomic E-state index is 6.03. The van der Waals surface area contributed by atoms with Crippen LogP contribution in [-0.2, 0) is 13.2 Å². The van der Waals surface area contributed by atoms with Crippen LogP contribution in [0.1, 0.15) is 11.1 Å². The zero-order valence-corrected chi connectivity index (χ0v) is 19.3. The Bertz CT molecular complexity index is 948. The summed E-state index contributed by atoms with van der Waals surface area (Å²) in [6.45, 7) is 0.984. The molecule has 0 saturated carbocycles. The minimum Gasteiger partial charge on any atom is -0.497 e. The second-order valence-electron chi connectivity index (χ2n) is 6.31. The molecule has 0 atom stereocenters. The summed E-state index contributed by atoms with van der Waals surface area (Å²) < 4.78 is 16.3. The van der Waals surface area contributed by atoms with Gasteiger partial charge in [0.05, 0.1) is 26.5 Å². The first-order valence-electron chi connectivity index (χ1n) is 9.22. The number of rotatable bonds is 8. The predicted octanol–water partition coefficient (Wildman–Crippen LogP) is 4.83. The SMILES string of the molecule is COc1ccc(OC)c(NC(N)=NCc2ccc(COc3ccccc3)cc2)c1.I. The molecule has 0 aliphatic heterocycles. The largest absolute Gasteiger partial charge is 0.497 e. The molecule has 0 aliphatic rings. The molecule has 0 saturated heterocycles. The van der Waals surface area contributed by atoms with Gasteiger partial charge in [0.1, 0.15) is 23.9 Å². The molecule has 0 radical (unpaired) electrons. The van der Waals surface area contributed by atoms with E-state index in [4.69, 9.17) is 19.9 Å². The Balaban J connectivity index is 0.00000320. The van der Waals surface area contributed by atoms with E-state index in [0.29, 0.717) is 36.3 Å². The van der Waals surface area contributed by atoms with Crippen molar-refractivity contribution in [1.29, 1.82) is 0 Å². The summed E-state index contributed by atoms with van der Waals surface area (Å²) >= 11 is 0. The molecule has 158 valence electrons. The van der Waals surface area contributed by atoms with Gasteiger partial charge in [0, 0.05) is 6.07 Å². The third-order valence-electron chi connectivity index (χ3n) is 4.27. The summed E-state index contributed by atoms with van der Waals surface area (Å²) in [7, 11) is 3.21. The van der Waals surface area contributed by atoms with Crippen molar-refractivity contribution < 1.29 is 14.2 Å². The van der Waals surface area contributed by atoms with Gasteiger partial charge in [-0.3, -0.25) is 0 Å². The number of halogens is 1. The number of methoxy groups -OCH3 is 2. The van der Waals surface area contributed by atoms with E-state index >= 15 is 0 Å². The highest BCUT2D eigenvalue weighted by Gasteiger charge is 2.06. The quantitative estimate of drug-likeness (QED) is 0.253. The van der Waals surface area contributed by atoms with E-state index in [2.05, 4.69) is 10.3 Å². The molecule has 0 unspecified atom stereocenters. The van der Waals surface area contributed by atoms with E-state index in [9.17, 15) is 0 Å². The Labute approximate surface area is 194 Å². The summed E-state index contributed by atoms with van der Waals surface area (Å²) in [5, 5.41) is 3.06. The lowest BCUT2D eigenvalue weighted by molar-refractivity contribution is 0.306. The molecule has 0 aromatic heterocycles. The molecule has 3 aromatic rings. The molecule has 0 fully saturated rings. The maximum Gasteiger partial charge on any atom is 0.193 e. The third kappa shape index (κ3) is 6.84. The molecule has 0 heterocycles. The Morgan fingerprint density at radius 2 is 1.57 bits per heavy atom. The Kier molecular flexibility index (Phi) is 9.27. The van der Waals surface area contributed by atoms with Gasteiger partial charge in [-0.05, 0) is 35.4 Å². The number of ether oxygens (including phenoxy) is 3. The summed E-state index contributed by atoms with van der Waals surface area (Å²) in [6.07, 6.45) is 0. The monoisotopic (exact) mass is 519 g/mol. The summed E-state index contributed by atoms with van der Waals surface area (Å²) in [4.78, 5) is 4.40. The number of aliphatic imine (C=N–C) groups is 1. The lowest BCUT2D eigenvalue weighted by atomic mass is 10.1. The van der Waals surface area contributed by atoms with Crippen LogP contribution in [0, 0.1) is 0 Å². The molecular weight excluding hydrogens is 493 g/mol. The van der Waals surface area contributed by atoms with Gasteiger partial charge in [-0.25, -0.2) is 4.99 Å². The number of nitrogens with one attached hydrogen (secondary N) is 1. The number of benzene rings is 3. The fourth-order valence-corrected chi connectivity index (χ4v) is 2.69. The van der Waals surface area contributed by atoms with Gasteiger partial charge in [0.2, 0.25) is 0 Å². The van der Waals surface area contributed by atoms with Crippen LogP contribution in [0.2, 0.25) is 0 Å². The van der Waals surface area contributed by atoms with Crippen molar-refractivity contribution in [1.82, 2.24) is 0 Å². The lowest BCUT2D eigenvalue weighted by Crippen LogP contribution is -2.23. The average Bonchev–Trinajstić information content (AvgIpc) is 2.77. The lowest BCUT2D eigenvalue weighted by Gasteiger charge is -2.12. The normalized spacial score (nSPS) is 10.7. The highest BCUT2D eigenvalue weighted by Crippen LogP contribution is 2.28. The van der Waals surface area contributed by atoms with Crippen LogP contribution < -0.4 is 25.3 Å². The first-order chi connectivity index (χ1) is 14.2. The van der Waals surface area contributed by atoms with Gasteiger partial charge < -0.3 is 25.3 Å². The van der Waals surface area contributed by atoms with Crippen molar-refractivity contribution in [2.45, 2.75) is 13.2 Å². The van der Waals surface area contributed by atoms with Crippen molar-refractivity contribution in [2.75, 3.05) is 19.5 Å². The second-order valence-corrected chi connectivity index (χ2v) is 6.31. The van der Waals surface area contributed by atoms with E-state index in [-0.39, 0.29) is 24.0 Å². The van der Waals surface area contributed by atoms with Gasteiger partial charge in [-0.1, -0.05) is 42.5 Å². The highest BCUT2D eigenvalue weighted by atomic mass is 127. The number of nitrogens with zero attached hydrogens (tertiary/aromatic N) is 1. The van der Waals surface area contributed by atoms with Crippen LogP contribution in [0.25, 0.3) is 0 Å². The molecular formula is C23H26IN3O3. The number of hydrogen-bond acceptors (Lipinski definition) is 4. The first kappa shape index (κ1) is 23.3. The second kappa shape index (κ2) is 11.9. The fraction of sp³-hybridized carbons (Fsp3) is 0.174. The van der Waals surface area contributed by atoms with Gasteiger partial charge >= 0.3 is 0 Å². The zero-order chi connectivity index (χ0) is 20.5. The number of anilines is 1. The smallest absolute Gasteiger partial charge is 0.193 e. The molecule has 3 rings (SSSR count). The Hall–Kier alpha value is -2.94. The van der Waals surface area contributed by atoms with Gasteiger partial charge in [0.15, 0.2) is 5.96 Å². The summed E-state index contributed by atoms with van der Waals surface area (Å²) in [6, 6.07) is 23.3. The van der Waals surface area contributed by atoms with E-state index in [1.54, 1.807) is 14.2 Å². The Morgan fingerprint density at radius 3 is 2.23 bits per heavy atom. The maximum absolute atomic E-state index is 6.03. The number of hydrogen-bond donors (Lipinski definition) is 2. The van der Waals surface area contributed by atoms with Crippen molar-refractivity contribution >= 4 is 35.6 Å². The van der Waals surface area contributed by atoms with Gasteiger partial charge in [-0.15, -0.1) is 24.0 Å². The molecule has 3 aromatic carbocycles. The van der Waals surface area contributed by atoms with Crippen molar-refractivity contribution in [3.63, 3.8) is 0 Å². The number of para-hydroxylation sites is 1. The highest BCUT2D eigenvalue weighted by molar-refractivity contribution is 14.0.